The zero-order valence-electron chi connectivity index (χ0n) is 20.7. The Morgan fingerprint density at radius 1 is 0.806 bits per heavy atom. The summed E-state index contributed by atoms with van der Waals surface area (Å²) in [5.41, 5.74) is 8.97. The topological polar surface area (TPSA) is 81.0 Å². The fourth-order valence-corrected chi connectivity index (χ4v) is 6.77. The molecule has 2 aromatic carbocycles. The lowest BCUT2D eigenvalue weighted by Crippen LogP contribution is -2.07. The van der Waals surface area contributed by atoms with Gasteiger partial charge in [-0.2, -0.15) is 5.10 Å². The van der Waals surface area contributed by atoms with Crippen molar-refractivity contribution in [3.8, 4) is 0 Å². The van der Waals surface area contributed by atoms with Gasteiger partial charge in [-0.1, -0.05) is 74.1 Å². The van der Waals surface area contributed by atoms with Gasteiger partial charge in [-0.15, -0.1) is 0 Å². The minimum absolute atomic E-state index is 0.0961. The van der Waals surface area contributed by atoms with E-state index in [2.05, 4.69) is 24.0 Å². The SMILES string of the molecule is CC1(C)[C@H](c2cc(Cl)cc(Cl)c2)[C@H]1c1cc(N)n[nH]1.COC(=O)[C@@H]1[C@@H](c2cc(Cl)cc(Cl)c2)C1(C)C. The lowest BCUT2D eigenvalue weighted by atomic mass is 10.0. The van der Waals surface area contributed by atoms with E-state index in [9.17, 15) is 4.79 Å². The van der Waals surface area contributed by atoms with Gasteiger partial charge in [0.15, 0.2) is 0 Å². The average molecular weight is 569 g/mol. The van der Waals surface area contributed by atoms with Crippen LogP contribution in [-0.2, 0) is 9.53 Å². The minimum Gasteiger partial charge on any atom is -0.469 e. The standard InChI is InChI=1S/C14H15Cl2N3.C13H14Cl2O2/c1-14(2)12(7-3-8(15)5-9(16)4-7)13(14)10-6-11(17)19-18-10;1-13(2)10(11(13)12(16)17-3)7-4-8(14)6-9(15)5-7/h3-6,12-13H,1-2H3,(H3,17,18,19);4-6,10-11H,1-3H3/t12-,13-;10-,11+/m11/s1. The number of esters is 1. The Balaban J connectivity index is 0.000000170. The van der Waals surface area contributed by atoms with Crippen LogP contribution in [0.3, 0.4) is 0 Å². The first kappa shape index (κ1) is 27.1. The monoisotopic (exact) mass is 567 g/mol. The highest BCUT2D eigenvalue weighted by Gasteiger charge is 2.63. The third-order valence-electron chi connectivity index (χ3n) is 7.55. The summed E-state index contributed by atoms with van der Waals surface area (Å²) in [6.45, 7) is 8.56. The quantitative estimate of drug-likeness (QED) is 0.311. The van der Waals surface area contributed by atoms with Crippen LogP contribution in [0.4, 0.5) is 5.82 Å². The molecule has 1 heterocycles. The molecule has 0 bridgehead atoms. The van der Waals surface area contributed by atoms with Crippen molar-refractivity contribution in [3.05, 3.63) is 79.4 Å². The van der Waals surface area contributed by atoms with Crippen molar-refractivity contribution in [2.24, 2.45) is 16.7 Å². The van der Waals surface area contributed by atoms with E-state index in [0.29, 0.717) is 37.7 Å². The number of carbonyl (C=O) groups excluding carboxylic acids is 1. The Morgan fingerprint density at radius 2 is 1.28 bits per heavy atom. The molecule has 3 aromatic rings. The van der Waals surface area contributed by atoms with Crippen molar-refractivity contribution in [2.45, 2.75) is 45.4 Å². The van der Waals surface area contributed by atoms with E-state index in [1.165, 1.54) is 12.7 Å². The summed E-state index contributed by atoms with van der Waals surface area (Å²) < 4.78 is 4.82. The number of nitrogen functional groups attached to an aromatic ring is 1. The smallest absolute Gasteiger partial charge is 0.309 e. The number of halogens is 4. The number of hydrogen-bond acceptors (Lipinski definition) is 4. The highest BCUT2D eigenvalue weighted by Crippen LogP contribution is 2.70. The van der Waals surface area contributed by atoms with Gasteiger partial charge >= 0.3 is 5.97 Å². The van der Waals surface area contributed by atoms with E-state index in [1.807, 2.05) is 44.2 Å². The molecular formula is C27H29Cl4N3O2. The first-order chi connectivity index (χ1) is 16.8. The van der Waals surface area contributed by atoms with Crippen LogP contribution in [0.25, 0.3) is 0 Å². The molecule has 0 aliphatic heterocycles. The van der Waals surface area contributed by atoms with Crippen molar-refractivity contribution in [3.63, 3.8) is 0 Å². The van der Waals surface area contributed by atoms with Crippen LogP contribution >= 0.6 is 46.4 Å². The zero-order chi connectivity index (χ0) is 26.6. The molecule has 1 aromatic heterocycles. The summed E-state index contributed by atoms with van der Waals surface area (Å²) in [5, 5.41) is 9.56. The lowest BCUT2D eigenvalue weighted by Gasteiger charge is -2.04. The number of ether oxygens (including phenoxy) is 1. The number of nitrogens with zero attached hydrogens (tertiary/aromatic N) is 1. The van der Waals surface area contributed by atoms with Crippen molar-refractivity contribution in [1.29, 1.82) is 0 Å². The number of aromatic nitrogens is 2. The number of hydrogen-bond donors (Lipinski definition) is 2. The maximum Gasteiger partial charge on any atom is 0.309 e. The molecule has 0 spiro atoms. The number of anilines is 1. The van der Waals surface area contributed by atoms with Gasteiger partial charge in [-0.05, 0) is 64.3 Å². The van der Waals surface area contributed by atoms with Gasteiger partial charge in [-0.3, -0.25) is 9.89 Å². The van der Waals surface area contributed by atoms with Gasteiger partial charge in [-0.25, -0.2) is 0 Å². The largest absolute Gasteiger partial charge is 0.469 e. The van der Waals surface area contributed by atoms with Gasteiger partial charge in [0.2, 0.25) is 0 Å². The van der Waals surface area contributed by atoms with E-state index < -0.39 is 0 Å². The van der Waals surface area contributed by atoms with Crippen molar-refractivity contribution in [1.82, 2.24) is 10.2 Å². The highest BCUT2D eigenvalue weighted by molar-refractivity contribution is 6.35. The third kappa shape index (κ3) is 5.22. The summed E-state index contributed by atoms with van der Waals surface area (Å²) in [6, 6.07) is 13.0. The first-order valence-corrected chi connectivity index (χ1v) is 13.1. The molecule has 36 heavy (non-hydrogen) atoms. The Labute approximate surface area is 231 Å². The average Bonchev–Trinajstić information content (AvgIpc) is 3.44. The molecule has 0 amide bonds. The molecule has 0 saturated heterocycles. The third-order valence-corrected chi connectivity index (χ3v) is 8.42. The van der Waals surface area contributed by atoms with Gasteiger partial charge in [0, 0.05) is 43.7 Å². The number of nitrogens with one attached hydrogen (secondary N) is 1. The summed E-state index contributed by atoms with van der Waals surface area (Å²) in [5.74, 6) is 1.13. The molecule has 2 aliphatic rings. The lowest BCUT2D eigenvalue weighted by molar-refractivity contribution is -0.143. The predicted octanol–water partition coefficient (Wildman–Crippen LogP) is 8.11. The second kappa shape index (κ2) is 9.75. The number of H-pyrrole nitrogens is 1. The molecule has 3 N–H and O–H groups in total. The first-order valence-electron chi connectivity index (χ1n) is 11.6. The summed E-state index contributed by atoms with van der Waals surface area (Å²) in [4.78, 5) is 11.7. The van der Waals surface area contributed by atoms with Crippen LogP contribution in [0.2, 0.25) is 20.1 Å². The maximum atomic E-state index is 11.7. The summed E-state index contributed by atoms with van der Waals surface area (Å²) >= 11 is 24.1. The number of methoxy groups -OCH3 is 1. The van der Waals surface area contributed by atoms with Crippen LogP contribution in [0.15, 0.2) is 42.5 Å². The predicted molar refractivity (Wildman–Crippen MR) is 147 cm³/mol. The molecule has 0 radical (unpaired) electrons. The van der Waals surface area contributed by atoms with E-state index in [4.69, 9.17) is 56.9 Å². The molecule has 4 atom stereocenters. The number of rotatable bonds is 4. The van der Waals surface area contributed by atoms with Crippen molar-refractivity contribution in [2.75, 3.05) is 12.8 Å². The normalized spacial score (nSPS) is 24.9. The van der Waals surface area contributed by atoms with Crippen LogP contribution in [-0.4, -0.2) is 23.3 Å². The van der Waals surface area contributed by atoms with Crippen LogP contribution in [0.5, 0.6) is 0 Å². The molecule has 2 fully saturated rings. The van der Waals surface area contributed by atoms with E-state index in [0.717, 1.165) is 11.3 Å². The number of aromatic amines is 1. The van der Waals surface area contributed by atoms with Gasteiger partial charge in [0.05, 0.1) is 13.0 Å². The molecule has 5 nitrogen and oxygen atoms in total. The number of benzene rings is 2. The molecular weight excluding hydrogens is 540 g/mol. The minimum atomic E-state index is -0.170. The van der Waals surface area contributed by atoms with Gasteiger partial charge in [0.25, 0.3) is 0 Å². The Kier molecular flexibility index (Phi) is 7.35. The van der Waals surface area contributed by atoms with Crippen LogP contribution < -0.4 is 5.73 Å². The second-order valence-electron chi connectivity index (χ2n) is 10.7. The summed E-state index contributed by atoms with van der Waals surface area (Å²) in [7, 11) is 1.42. The van der Waals surface area contributed by atoms with Crippen molar-refractivity contribution < 1.29 is 9.53 Å². The fourth-order valence-electron chi connectivity index (χ4n) is 5.69. The Hall–Kier alpha value is -1.92. The van der Waals surface area contributed by atoms with Crippen molar-refractivity contribution >= 4 is 58.2 Å². The number of nitrogens with two attached hydrogens (primary N) is 1. The second-order valence-corrected chi connectivity index (χ2v) is 12.5. The van der Waals surface area contributed by atoms with Gasteiger partial charge in [0.1, 0.15) is 5.82 Å². The molecule has 9 heteroatoms. The summed E-state index contributed by atoms with van der Waals surface area (Å²) in [6.07, 6.45) is 0. The Morgan fingerprint density at radius 3 is 1.69 bits per heavy atom. The van der Waals surface area contributed by atoms with Crippen LogP contribution in [0, 0.1) is 16.7 Å². The number of carbonyl (C=O) groups is 1. The van der Waals surface area contributed by atoms with E-state index >= 15 is 0 Å². The molecule has 2 saturated carbocycles. The van der Waals surface area contributed by atoms with Gasteiger partial charge < -0.3 is 10.5 Å². The van der Waals surface area contributed by atoms with Crippen LogP contribution in [0.1, 0.15) is 62.3 Å². The molecule has 2 aliphatic carbocycles. The highest BCUT2D eigenvalue weighted by atomic mass is 35.5. The molecule has 192 valence electrons. The maximum absolute atomic E-state index is 11.7. The zero-order valence-corrected chi connectivity index (χ0v) is 23.7. The molecule has 0 unspecified atom stereocenters. The fraction of sp³-hybridized carbons (Fsp3) is 0.407. The van der Waals surface area contributed by atoms with E-state index in [-0.39, 0.29) is 28.6 Å². The van der Waals surface area contributed by atoms with E-state index in [1.54, 1.807) is 12.1 Å². The molecule has 5 rings (SSSR count). The Bertz CT molecular complexity index is 1260.